The van der Waals surface area contributed by atoms with Gasteiger partial charge in [-0.25, -0.2) is 0 Å². The highest BCUT2D eigenvalue weighted by atomic mass is 16.5. The highest BCUT2D eigenvalue weighted by Gasteiger charge is 2.04. The Bertz CT molecular complexity index is 156. The number of hydrogen-bond acceptors (Lipinski definition) is 1. The Morgan fingerprint density at radius 1 is 1.50 bits per heavy atom. The van der Waals surface area contributed by atoms with Gasteiger partial charge in [-0.1, -0.05) is 18.2 Å². The number of methoxy groups -OCH3 is 1. The molecule has 0 aromatic heterocycles. The summed E-state index contributed by atoms with van der Waals surface area (Å²) in [6.07, 6.45) is 9.20. The number of allylic oxidation sites excluding steroid dienone is 2. The van der Waals surface area contributed by atoms with Gasteiger partial charge in [-0.15, -0.1) is 0 Å². The van der Waals surface area contributed by atoms with Crippen LogP contribution < -0.4 is 0 Å². The molecule has 1 nitrogen and oxygen atoms in total. The van der Waals surface area contributed by atoms with Crippen molar-refractivity contribution < 1.29 is 4.74 Å². The molecule has 1 rings (SSSR count). The fourth-order valence-electron chi connectivity index (χ4n) is 1.07. The van der Waals surface area contributed by atoms with Gasteiger partial charge in [-0.3, -0.25) is 0 Å². The molecular formula is C9H14O. The van der Waals surface area contributed by atoms with Crippen molar-refractivity contribution in [1.29, 1.82) is 0 Å². The molecule has 0 saturated carbocycles. The smallest absolute Gasteiger partial charge is 0.0789 e. The van der Waals surface area contributed by atoms with E-state index in [1.54, 1.807) is 7.11 Å². The van der Waals surface area contributed by atoms with E-state index in [-0.39, 0.29) is 6.10 Å². The molecule has 56 valence electrons. The molecule has 1 heteroatoms. The second-order valence-electron chi connectivity index (χ2n) is 2.56. The van der Waals surface area contributed by atoms with Crippen LogP contribution >= 0.6 is 0 Å². The van der Waals surface area contributed by atoms with Crippen LogP contribution in [0, 0.1) is 0 Å². The maximum absolute atomic E-state index is 5.17. The maximum Gasteiger partial charge on any atom is 0.0789 e. The Kier molecular flexibility index (Phi) is 2.69. The summed E-state index contributed by atoms with van der Waals surface area (Å²) in [4.78, 5) is 0. The molecule has 0 spiro atoms. The zero-order chi connectivity index (χ0) is 7.40. The van der Waals surface area contributed by atoms with Gasteiger partial charge in [0, 0.05) is 7.11 Å². The molecule has 0 N–H and O–H groups in total. The van der Waals surface area contributed by atoms with Crippen molar-refractivity contribution in [3.8, 4) is 0 Å². The first-order chi connectivity index (χ1) is 4.84. The number of rotatable bonds is 2. The first kappa shape index (κ1) is 7.55. The van der Waals surface area contributed by atoms with Gasteiger partial charge in [0.1, 0.15) is 0 Å². The second kappa shape index (κ2) is 3.57. The zero-order valence-corrected chi connectivity index (χ0v) is 6.63. The second-order valence-corrected chi connectivity index (χ2v) is 2.56. The Morgan fingerprint density at radius 3 is 2.80 bits per heavy atom. The van der Waals surface area contributed by atoms with Crippen molar-refractivity contribution >= 4 is 0 Å². The first-order valence-corrected chi connectivity index (χ1v) is 3.74. The summed E-state index contributed by atoms with van der Waals surface area (Å²) >= 11 is 0. The van der Waals surface area contributed by atoms with Crippen LogP contribution in [0.1, 0.15) is 19.8 Å². The summed E-state index contributed by atoms with van der Waals surface area (Å²) in [5.41, 5.74) is 1.31. The van der Waals surface area contributed by atoms with E-state index in [1.807, 2.05) is 0 Å². The fraction of sp³-hybridized carbons (Fsp3) is 0.556. The van der Waals surface area contributed by atoms with Crippen molar-refractivity contribution in [2.45, 2.75) is 25.9 Å². The van der Waals surface area contributed by atoms with Crippen molar-refractivity contribution in [3.63, 3.8) is 0 Å². The Hall–Kier alpha value is -0.560. The van der Waals surface area contributed by atoms with E-state index < -0.39 is 0 Å². The van der Waals surface area contributed by atoms with Crippen LogP contribution in [-0.4, -0.2) is 13.2 Å². The van der Waals surface area contributed by atoms with Gasteiger partial charge < -0.3 is 4.74 Å². The highest BCUT2D eigenvalue weighted by Crippen LogP contribution is 2.14. The number of hydrogen-bond donors (Lipinski definition) is 0. The predicted molar refractivity (Wildman–Crippen MR) is 42.9 cm³/mol. The lowest BCUT2D eigenvalue weighted by Crippen LogP contribution is -2.07. The van der Waals surface area contributed by atoms with Crippen molar-refractivity contribution in [2.24, 2.45) is 0 Å². The van der Waals surface area contributed by atoms with E-state index in [4.69, 9.17) is 4.74 Å². The lowest BCUT2D eigenvalue weighted by atomic mass is 10.0. The molecule has 0 radical (unpaired) electrons. The largest absolute Gasteiger partial charge is 0.377 e. The molecule has 0 aromatic rings. The summed E-state index contributed by atoms with van der Waals surface area (Å²) in [7, 11) is 1.74. The van der Waals surface area contributed by atoms with Crippen LogP contribution in [0.2, 0.25) is 0 Å². The summed E-state index contributed by atoms with van der Waals surface area (Å²) in [5, 5.41) is 0. The van der Waals surface area contributed by atoms with E-state index in [9.17, 15) is 0 Å². The average molecular weight is 138 g/mol. The normalized spacial score (nSPS) is 20.4. The first-order valence-electron chi connectivity index (χ1n) is 3.74. The van der Waals surface area contributed by atoms with Crippen LogP contribution in [0.5, 0.6) is 0 Å². The average Bonchev–Trinajstić information content (AvgIpc) is 2.05. The molecule has 0 heterocycles. The van der Waals surface area contributed by atoms with Gasteiger partial charge in [0.15, 0.2) is 0 Å². The summed E-state index contributed by atoms with van der Waals surface area (Å²) < 4.78 is 5.17. The Balaban J connectivity index is 2.54. The lowest BCUT2D eigenvalue weighted by molar-refractivity contribution is 0.149. The minimum atomic E-state index is 0.261. The van der Waals surface area contributed by atoms with E-state index in [1.165, 1.54) is 18.4 Å². The zero-order valence-electron chi connectivity index (χ0n) is 6.63. The monoisotopic (exact) mass is 138 g/mol. The van der Waals surface area contributed by atoms with Gasteiger partial charge in [-0.05, 0) is 25.3 Å². The summed E-state index contributed by atoms with van der Waals surface area (Å²) in [5.74, 6) is 0. The van der Waals surface area contributed by atoms with Gasteiger partial charge in [-0.2, -0.15) is 0 Å². The van der Waals surface area contributed by atoms with Crippen molar-refractivity contribution in [1.82, 2.24) is 0 Å². The summed E-state index contributed by atoms with van der Waals surface area (Å²) in [6.45, 7) is 2.07. The third kappa shape index (κ3) is 1.71. The lowest BCUT2D eigenvalue weighted by Gasteiger charge is -2.12. The molecule has 0 fully saturated rings. The molecule has 0 unspecified atom stereocenters. The molecular weight excluding hydrogens is 124 g/mol. The topological polar surface area (TPSA) is 9.23 Å². The van der Waals surface area contributed by atoms with Crippen LogP contribution in [0.4, 0.5) is 0 Å². The Morgan fingerprint density at radius 2 is 2.30 bits per heavy atom. The third-order valence-electron chi connectivity index (χ3n) is 1.85. The molecule has 0 bridgehead atoms. The van der Waals surface area contributed by atoms with Gasteiger partial charge >= 0.3 is 0 Å². The molecule has 0 saturated heterocycles. The van der Waals surface area contributed by atoms with Gasteiger partial charge in [0.05, 0.1) is 6.10 Å². The molecule has 0 aliphatic heterocycles. The quantitative estimate of drug-likeness (QED) is 0.569. The fourth-order valence-corrected chi connectivity index (χ4v) is 1.07. The van der Waals surface area contributed by atoms with E-state index in [2.05, 4.69) is 25.2 Å². The summed E-state index contributed by atoms with van der Waals surface area (Å²) in [6, 6.07) is 0. The standard InChI is InChI=1S/C9H14O/c1-8(10-2)9-6-4-3-5-7-9/h4,6-8H,3,5H2,1-2H3/t8-/m1/s1. The molecule has 0 amide bonds. The third-order valence-corrected chi connectivity index (χ3v) is 1.85. The molecule has 1 aliphatic carbocycles. The molecule has 1 atom stereocenters. The van der Waals surface area contributed by atoms with Gasteiger partial charge in [0.2, 0.25) is 0 Å². The van der Waals surface area contributed by atoms with Crippen LogP contribution in [0.25, 0.3) is 0 Å². The van der Waals surface area contributed by atoms with E-state index >= 15 is 0 Å². The maximum atomic E-state index is 5.17. The van der Waals surface area contributed by atoms with E-state index in [0.29, 0.717) is 0 Å². The number of ether oxygens (including phenoxy) is 1. The van der Waals surface area contributed by atoms with Crippen LogP contribution in [0.15, 0.2) is 23.8 Å². The van der Waals surface area contributed by atoms with E-state index in [0.717, 1.165) is 0 Å². The van der Waals surface area contributed by atoms with Crippen molar-refractivity contribution in [3.05, 3.63) is 23.8 Å². The molecule has 0 aromatic carbocycles. The Labute approximate surface area is 62.4 Å². The molecule has 1 aliphatic rings. The van der Waals surface area contributed by atoms with Crippen LogP contribution in [0.3, 0.4) is 0 Å². The van der Waals surface area contributed by atoms with Crippen molar-refractivity contribution in [2.75, 3.05) is 7.11 Å². The predicted octanol–water partition coefficient (Wildman–Crippen LogP) is 2.30. The van der Waals surface area contributed by atoms with Gasteiger partial charge in [0.25, 0.3) is 0 Å². The minimum Gasteiger partial charge on any atom is -0.377 e. The highest BCUT2D eigenvalue weighted by molar-refractivity contribution is 5.25. The SMILES string of the molecule is CO[C@H](C)C1=CCCC=C1. The molecule has 10 heavy (non-hydrogen) atoms. The minimum absolute atomic E-state index is 0.261. The van der Waals surface area contributed by atoms with Crippen LogP contribution in [-0.2, 0) is 4.74 Å².